The summed E-state index contributed by atoms with van der Waals surface area (Å²) in [6.45, 7) is 6.81. The molecule has 0 amide bonds. The number of aromatic nitrogens is 2. The number of halogens is 4. The molecule has 0 unspecified atom stereocenters. The lowest BCUT2D eigenvalue weighted by atomic mass is 10.1. The van der Waals surface area contributed by atoms with Gasteiger partial charge in [0.1, 0.15) is 12.4 Å². The molecule has 7 heteroatoms. The Morgan fingerprint density at radius 2 is 1.76 bits per heavy atom. The van der Waals surface area contributed by atoms with Crippen molar-refractivity contribution in [2.24, 2.45) is 5.92 Å². The van der Waals surface area contributed by atoms with Crippen LogP contribution in [0.15, 0.2) is 18.2 Å². The van der Waals surface area contributed by atoms with Crippen LogP contribution in [-0.4, -0.2) is 9.78 Å². The van der Waals surface area contributed by atoms with Gasteiger partial charge in [-0.25, -0.2) is 17.9 Å². The fourth-order valence-corrected chi connectivity index (χ4v) is 2.31. The average Bonchev–Trinajstić information content (AvgIpc) is 2.90. The summed E-state index contributed by atoms with van der Waals surface area (Å²) >= 11 is 0. The van der Waals surface area contributed by atoms with Crippen LogP contribution in [0, 0.1) is 23.4 Å². The second-order valence-corrected chi connectivity index (χ2v) is 6.28. The number of rotatable bonds is 8. The molecular weight excluding hydrogens is 353 g/mol. The van der Waals surface area contributed by atoms with Crippen molar-refractivity contribution < 1.29 is 17.9 Å². The van der Waals surface area contributed by atoms with Crippen molar-refractivity contribution in [3.63, 3.8) is 0 Å². The van der Waals surface area contributed by atoms with Gasteiger partial charge in [-0.2, -0.15) is 5.10 Å². The first-order valence-electron chi connectivity index (χ1n) is 8.23. The third-order valence-electron chi connectivity index (χ3n) is 3.68. The molecule has 0 radical (unpaired) electrons. The van der Waals surface area contributed by atoms with E-state index >= 15 is 0 Å². The van der Waals surface area contributed by atoms with Crippen molar-refractivity contribution in [2.75, 3.05) is 0 Å². The van der Waals surface area contributed by atoms with Crippen LogP contribution in [0.2, 0.25) is 0 Å². The lowest BCUT2D eigenvalue weighted by Crippen LogP contribution is -2.08. The predicted octanol–water partition coefficient (Wildman–Crippen LogP) is 5.30. The van der Waals surface area contributed by atoms with Crippen LogP contribution in [0.25, 0.3) is 0 Å². The maximum absolute atomic E-state index is 13.7. The molecule has 3 nitrogen and oxygen atoms in total. The third-order valence-corrected chi connectivity index (χ3v) is 3.68. The second-order valence-electron chi connectivity index (χ2n) is 6.28. The highest BCUT2D eigenvalue weighted by atomic mass is 35.5. The minimum atomic E-state index is -1.21. The molecule has 0 atom stereocenters. The summed E-state index contributed by atoms with van der Waals surface area (Å²) in [7, 11) is 0. The smallest absolute Gasteiger partial charge is 0.212 e. The summed E-state index contributed by atoms with van der Waals surface area (Å²) in [4.78, 5) is 0. The van der Waals surface area contributed by atoms with Gasteiger partial charge < -0.3 is 4.74 Å². The van der Waals surface area contributed by atoms with Crippen molar-refractivity contribution in [1.29, 1.82) is 0 Å². The number of hydrogen-bond donors (Lipinski definition) is 0. The largest absolute Gasteiger partial charge is 0.473 e. The molecule has 2 rings (SSSR count). The molecule has 25 heavy (non-hydrogen) atoms. The third kappa shape index (κ3) is 5.96. The summed E-state index contributed by atoms with van der Waals surface area (Å²) < 4.78 is 47.3. The highest BCUT2D eigenvalue weighted by Gasteiger charge is 2.13. The van der Waals surface area contributed by atoms with E-state index in [0.717, 1.165) is 31.0 Å². The highest BCUT2D eigenvalue weighted by molar-refractivity contribution is 5.85. The molecule has 140 valence electrons. The Bertz CT molecular complexity index is 689. The molecule has 2 aromatic rings. The van der Waals surface area contributed by atoms with Crippen LogP contribution in [0.3, 0.4) is 0 Å². The number of ether oxygens (including phenoxy) is 1. The van der Waals surface area contributed by atoms with Crippen molar-refractivity contribution in [2.45, 2.75) is 53.2 Å². The van der Waals surface area contributed by atoms with Crippen molar-refractivity contribution >= 4 is 12.4 Å². The number of nitrogens with zero attached hydrogens (tertiary/aromatic N) is 2. The van der Waals surface area contributed by atoms with Crippen LogP contribution in [0.5, 0.6) is 5.88 Å². The van der Waals surface area contributed by atoms with E-state index < -0.39 is 17.5 Å². The normalized spacial score (nSPS) is 10.8. The molecule has 0 saturated heterocycles. The molecule has 1 aromatic carbocycles. The fourth-order valence-electron chi connectivity index (χ4n) is 2.31. The van der Waals surface area contributed by atoms with Crippen LogP contribution >= 0.6 is 12.4 Å². The van der Waals surface area contributed by atoms with Crippen molar-refractivity contribution in [1.82, 2.24) is 9.78 Å². The SMILES string of the molecule is CCCc1cc(OCc2cc(F)c(F)cc2F)n(CCC(C)C)n1.Cl. The maximum Gasteiger partial charge on any atom is 0.212 e. The van der Waals surface area contributed by atoms with Gasteiger partial charge in [-0.1, -0.05) is 27.2 Å². The summed E-state index contributed by atoms with van der Waals surface area (Å²) in [6.07, 6.45) is 2.71. The molecule has 0 aliphatic heterocycles. The van der Waals surface area contributed by atoms with Crippen molar-refractivity contribution in [3.8, 4) is 5.88 Å². The van der Waals surface area contributed by atoms with E-state index in [1.165, 1.54) is 0 Å². The van der Waals surface area contributed by atoms with Gasteiger partial charge in [-0.05, 0) is 24.8 Å². The Morgan fingerprint density at radius 1 is 1.08 bits per heavy atom. The van der Waals surface area contributed by atoms with Gasteiger partial charge in [0.05, 0.1) is 5.69 Å². The van der Waals surface area contributed by atoms with E-state index in [-0.39, 0.29) is 24.6 Å². The molecule has 1 heterocycles. The maximum atomic E-state index is 13.7. The van der Waals surface area contributed by atoms with Gasteiger partial charge in [0.2, 0.25) is 5.88 Å². The zero-order valence-corrected chi connectivity index (χ0v) is 15.5. The second kappa shape index (κ2) is 9.70. The van der Waals surface area contributed by atoms with E-state index in [0.29, 0.717) is 24.4 Å². The van der Waals surface area contributed by atoms with Gasteiger partial charge in [-0.15, -0.1) is 12.4 Å². The van der Waals surface area contributed by atoms with Crippen LogP contribution in [0.4, 0.5) is 13.2 Å². The molecule has 0 spiro atoms. The Kier molecular flexibility index (Phi) is 8.29. The van der Waals surface area contributed by atoms with Gasteiger partial charge in [0.15, 0.2) is 11.6 Å². The van der Waals surface area contributed by atoms with Gasteiger partial charge in [0.25, 0.3) is 0 Å². The first-order valence-corrected chi connectivity index (χ1v) is 8.23. The molecular formula is C18H24ClF3N2O. The summed E-state index contributed by atoms with van der Waals surface area (Å²) in [5.41, 5.74) is 0.879. The zero-order chi connectivity index (χ0) is 17.7. The predicted molar refractivity (Wildman–Crippen MR) is 93.6 cm³/mol. The monoisotopic (exact) mass is 376 g/mol. The van der Waals surface area contributed by atoms with Crippen LogP contribution in [-0.2, 0) is 19.6 Å². The molecule has 0 saturated carbocycles. The molecule has 0 aliphatic rings. The topological polar surface area (TPSA) is 27.1 Å². The minimum absolute atomic E-state index is 0. The average molecular weight is 377 g/mol. The highest BCUT2D eigenvalue weighted by Crippen LogP contribution is 2.20. The number of aryl methyl sites for hydroxylation is 2. The molecule has 0 aliphatic carbocycles. The quantitative estimate of drug-likeness (QED) is 0.584. The Balaban J connectivity index is 0.00000312. The molecule has 0 fully saturated rings. The summed E-state index contributed by atoms with van der Waals surface area (Å²) in [5, 5.41) is 4.50. The van der Waals surface area contributed by atoms with Crippen LogP contribution < -0.4 is 4.74 Å². The number of benzene rings is 1. The van der Waals surface area contributed by atoms with E-state index in [2.05, 4.69) is 25.9 Å². The molecule has 0 N–H and O–H groups in total. The molecule has 0 bridgehead atoms. The Morgan fingerprint density at radius 3 is 2.40 bits per heavy atom. The van der Waals surface area contributed by atoms with Gasteiger partial charge in [0, 0.05) is 24.2 Å². The lowest BCUT2D eigenvalue weighted by Gasteiger charge is -2.11. The van der Waals surface area contributed by atoms with Crippen molar-refractivity contribution in [3.05, 3.63) is 46.9 Å². The fraction of sp³-hybridized carbons (Fsp3) is 0.500. The number of hydrogen-bond acceptors (Lipinski definition) is 2. The first kappa shape index (κ1) is 21.4. The summed E-state index contributed by atoms with van der Waals surface area (Å²) in [6, 6.07) is 3.18. The zero-order valence-electron chi connectivity index (χ0n) is 14.7. The van der Waals surface area contributed by atoms with Gasteiger partial charge >= 0.3 is 0 Å². The minimum Gasteiger partial charge on any atom is -0.473 e. The van der Waals surface area contributed by atoms with E-state index in [1.54, 1.807) is 4.68 Å². The Labute approximate surface area is 152 Å². The molecule has 1 aromatic heterocycles. The van der Waals surface area contributed by atoms with E-state index in [1.807, 2.05) is 6.07 Å². The van der Waals surface area contributed by atoms with E-state index in [9.17, 15) is 13.2 Å². The first-order chi connectivity index (χ1) is 11.4. The van der Waals surface area contributed by atoms with Gasteiger partial charge in [-0.3, -0.25) is 0 Å². The summed E-state index contributed by atoms with van der Waals surface area (Å²) in [5.74, 6) is -2.09. The Hall–Kier alpha value is -1.69. The standard InChI is InChI=1S/C18H23F3N2O.ClH/c1-4-5-14-9-18(23(22-14)7-6-12(2)3)24-11-13-8-16(20)17(21)10-15(13)19;/h8-10,12H,4-7,11H2,1-3H3;1H. The van der Waals surface area contributed by atoms with E-state index in [4.69, 9.17) is 4.74 Å². The van der Waals surface area contributed by atoms with Crippen LogP contribution in [0.1, 0.15) is 44.9 Å². The lowest BCUT2D eigenvalue weighted by molar-refractivity contribution is 0.263.